The monoisotopic (exact) mass is 351 g/mol. The van der Waals surface area contributed by atoms with Crippen molar-refractivity contribution in [2.24, 2.45) is 11.8 Å². The van der Waals surface area contributed by atoms with Crippen LogP contribution < -0.4 is 9.57 Å². The molecular formula is C23H31N2O+. The maximum Gasteiger partial charge on any atom is 0.222 e. The average Bonchev–Trinajstić information content (AvgIpc) is 2.62. The van der Waals surface area contributed by atoms with Gasteiger partial charge < -0.3 is 0 Å². The third kappa shape index (κ3) is 6.14. The lowest BCUT2D eigenvalue weighted by molar-refractivity contribution is -0.885. The zero-order valence-corrected chi connectivity index (χ0v) is 16.6. The van der Waals surface area contributed by atoms with Gasteiger partial charge in [0.05, 0.1) is 5.52 Å². The van der Waals surface area contributed by atoms with E-state index in [1.54, 1.807) is 11.8 Å². The van der Waals surface area contributed by atoms with E-state index in [1.807, 2.05) is 24.7 Å². The van der Waals surface area contributed by atoms with Gasteiger partial charge in [-0.25, -0.2) is 0 Å². The van der Waals surface area contributed by atoms with Crippen LogP contribution in [0.15, 0.2) is 61.1 Å². The van der Waals surface area contributed by atoms with Crippen molar-refractivity contribution in [2.45, 2.75) is 40.5 Å². The van der Waals surface area contributed by atoms with Crippen LogP contribution in [0.5, 0.6) is 0 Å². The summed E-state index contributed by atoms with van der Waals surface area (Å²) in [5.41, 5.74) is 3.87. The molecule has 3 rings (SSSR count). The Bertz CT molecular complexity index is 789. The smallest absolute Gasteiger partial charge is 0.222 e. The van der Waals surface area contributed by atoms with Gasteiger partial charge in [-0.05, 0) is 47.9 Å². The molecule has 3 nitrogen and oxygen atoms in total. The third-order valence-electron chi connectivity index (χ3n) is 4.09. The zero-order valence-electron chi connectivity index (χ0n) is 16.6. The summed E-state index contributed by atoms with van der Waals surface area (Å²) in [6.07, 6.45) is 8.02. The summed E-state index contributed by atoms with van der Waals surface area (Å²) in [6.45, 7) is 8.93. The largest absolute Gasteiger partial charge is 0.275 e. The Kier molecular flexibility index (Phi) is 7.58. The van der Waals surface area contributed by atoms with Crippen molar-refractivity contribution in [3.63, 3.8) is 0 Å². The Morgan fingerprint density at radius 3 is 2.15 bits per heavy atom. The molecule has 3 heteroatoms. The van der Waals surface area contributed by atoms with Crippen molar-refractivity contribution < 1.29 is 9.57 Å². The van der Waals surface area contributed by atoms with E-state index in [9.17, 15) is 0 Å². The maximum atomic E-state index is 4.99. The predicted molar refractivity (Wildman–Crippen MR) is 108 cm³/mol. The fourth-order valence-corrected chi connectivity index (χ4v) is 2.95. The Balaban J connectivity index is 0.000000190. The van der Waals surface area contributed by atoms with E-state index < -0.39 is 0 Å². The molecule has 0 saturated heterocycles. The number of nitrogens with zero attached hydrogens (tertiary/aromatic N) is 2. The standard InChI is InChI=1S/C13H15N.C10H16NO/c1-10(2)9-11-7-8-14-13-6-4-3-5-12(11)13;1-9(2)8-10-4-6-11(12-3)7-5-10/h3-8,10H,9H2,1-2H3;4-7,9H,8H2,1-3H3/q;+1. The molecule has 2 heterocycles. The average molecular weight is 352 g/mol. The van der Waals surface area contributed by atoms with Crippen molar-refractivity contribution in [1.29, 1.82) is 0 Å². The second kappa shape index (κ2) is 9.91. The van der Waals surface area contributed by atoms with Crippen LogP contribution in [0.2, 0.25) is 0 Å². The second-order valence-electron chi connectivity index (χ2n) is 7.43. The molecule has 0 aliphatic carbocycles. The topological polar surface area (TPSA) is 26.0 Å². The summed E-state index contributed by atoms with van der Waals surface area (Å²) in [5.74, 6) is 1.41. The molecule has 138 valence electrons. The number of pyridine rings is 2. The van der Waals surface area contributed by atoms with E-state index in [2.05, 4.69) is 69.1 Å². The summed E-state index contributed by atoms with van der Waals surface area (Å²) in [4.78, 5) is 9.34. The van der Waals surface area contributed by atoms with Gasteiger partial charge in [0.1, 0.15) is 7.11 Å². The third-order valence-corrected chi connectivity index (χ3v) is 4.09. The number of para-hydroxylation sites is 1. The van der Waals surface area contributed by atoms with Crippen LogP contribution in [0.25, 0.3) is 10.9 Å². The van der Waals surface area contributed by atoms with E-state index in [0.717, 1.165) is 18.4 Å². The number of hydrogen-bond acceptors (Lipinski definition) is 2. The number of hydrogen-bond donors (Lipinski definition) is 0. The molecule has 0 radical (unpaired) electrons. The summed E-state index contributed by atoms with van der Waals surface area (Å²) in [6, 6.07) is 14.6. The summed E-state index contributed by atoms with van der Waals surface area (Å²) < 4.78 is 1.68. The SMILES string of the molecule is CC(C)Cc1ccnc2ccccc12.CO[n+]1ccc(CC(C)C)cc1. The van der Waals surface area contributed by atoms with Gasteiger partial charge in [-0.1, -0.05) is 45.9 Å². The van der Waals surface area contributed by atoms with E-state index >= 15 is 0 Å². The molecule has 0 saturated carbocycles. The molecule has 0 amide bonds. The second-order valence-corrected chi connectivity index (χ2v) is 7.43. The van der Waals surface area contributed by atoms with E-state index in [-0.39, 0.29) is 0 Å². The van der Waals surface area contributed by atoms with Crippen molar-refractivity contribution in [1.82, 2.24) is 4.98 Å². The zero-order chi connectivity index (χ0) is 18.9. The highest BCUT2D eigenvalue weighted by atomic mass is 16.6. The van der Waals surface area contributed by atoms with Crippen molar-refractivity contribution in [3.8, 4) is 0 Å². The van der Waals surface area contributed by atoms with E-state index in [4.69, 9.17) is 4.84 Å². The lowest BCUT2D eigenvalue weighted by atomic mass is 10.00. The molecule has 3 aromatic rings. The molecule has 0 aliphatic heterocycles. The predicted octanol–water partition coefficient (Wildman–Crippen LogP) is 4.66. The molecule has 0 unspecified atom stereocenters. The molecule has 26 heavy (non-hydrogen) atoms. The van der Waals surface area contributed by atoms with Gasteiger partial charge in [-0.3, -0.25) is 9.82 Å². The van der Waals surface area contributed by atoms with Gasteiger partial charge in [0.15, 0.2) is 0 Å². The van der Waals surface area contributed by atoms with E-state index in [0.29, 0.717) is 11.8 Å². The van der Waals surface area contributed by atoms with Crippen LogP contribution in [-0.4, -0.2) is 12.1 Å². The van der Waals surface area contributed by atoms with E-state index in [1.165, 1.54) is 16.5 Å². The fourth-order valence-electron chi connectivity index (χ4n) is 2.95. The highest BCUT2D eigenvalue weighted by Crippen LogP contribution is 2.18. The number of fused-ring (bicyclic) bond motifs is 1. The molecule has 0 atom stereocenters. The Morgan fingerprint density at radius 2 is 1.54 bits per heavy atom. The molecule has 0 N–H and O–H groups in total. The highest BCUT2D eigenvalue weighted by molar-refractivity contribution is 5.81. The molecule has 0 aliphatic rings. The molecule has 1 aromatic carbocycles. The van der Waals surface area contributed by atoms with Crippen molar-refractivity contribution in [3.05, 3.63) is 72.2 Å². The number of aromatic nitrogens is 2. The first kappa shape index (κ1) is 19.9. The number of benzene rings is 1. The lowest BCUT2D eigenvalue weighted by Crippen LogP contribution is -2.39. The molecule has 0 fully saturated rings. The van der Waals surface area contributed by atoms with Crippen LogP contribution in [0.3, 0.4) is 0 Å². The lowest BCUT2D eigenvalue weighted by Gasteiger charge is -2.07. The first-order valence-electron chi connectivity index (χ1n) is 9.37. The quantitative estimate of drug-likeness (QED) is 0.625. The minimum Gasteiger partial charge on any atom is -0.275 e. The molecule has 2 aromatic heterocycles. The van der Waals surface area contributed by atoms with Crippen LogP contribution in [0.4, 0.5) is 0 Å². The van der Waals surface area contributed by atoms with Gasteiger partial charge in [0.2, 0.25) is 12.4 Å². The van der Waals surface area contributed by atoms with Crippen LogP contribution in [0.1, 0.15) is 38.8 Å². The normalized spacial score (nSPS) is 10.7. The maximum absolute atomic E-state index is 4.99. The minimum atomic E-state index is 0.695. The Hall–Kier alpha value is -2.42. The summed E-state index contributed by atoms with van der Waals surface area (Å²) in [5, 5.41) is 1.30. The molecule has 0 spiro atoms. The summed E-state index contributed by atoms with van der Waals surface area (Å²) >= 11 is 0. The molecule has 0 bridgehead atoms. The Morgan fingerprint density at radius 1 is 0.885 bits per heavy atom. The van der Waals surface area contributed by atoms with Crippen molar-refractivity contribution in [2.75, 3.05) is 7.11 Å². The van der Waals surface area contributed by atoms with Gasteiger partial charge in [-0.15, -0.1) is 0 Å². The fraction of sp³-hybridized carbons (Fsp3) is 0.391. The van der Waals surface area contributed by atoms with Gasteiger partial charge in [0.25, 0.3) is 0 Å². The number of rotatable bonds is 5. The van der Waals surface area contributed by atoms with Crippen LogP contribution in [0, 0.1) is 11.8 Å². The first-order chi connectivity index (χ1) is 12.5. The van der Waals surface area contributed by atoms with Gasteiger partial charge in [0, 0.05) is 28.4 Å². The first-order valence-corrected chi connectivity index (χ1v) is 9.37. The molecular weight excluding hydrogens is 320 g/mol. The van der Waals surface area contributed by atoms with Crippen LogP contribution in [-0.2, 0) is 12.8 Å². The minimum absolute atomic E-state index is 0.695. The summed E-state index contributed by atoms with van der Waals surface area (Å²) in [7, 11) is 1.65. The van der Waals surface area contributed by atoms with Crippen LogP contribution >= 0.6 is 0 Å². The Labute approximate surface area is 157 Å². The highest BCUT2D eigenvalue weighted by Gasteiger charge is 2.03. The van der Waals surface area contributed by atoms with Gasteiger partial charge in [-0.2, -0.15) is 0 Å². The van der Waals surface area contributed by atoms with Crippen molar-refractivity contribution >= 4 is 10.9 Å². The van der Waals surface area contributed by atoms with Gasteiger partial charge >= 0.3 is 0 Å².